The molecular weight excluding hydrogens is 536 g/mol. The van der Waals surface area contributed by atoms with Gasteiger partial charge in [0.25, 0.3) is 5.91 Å². The molecule has 1 aliphatic heterocycles. The minimum Gasteiger partial charge on any atom is -0.321 e. The summed E-state index contributed by atoms with van der Waals surface area (Å²) >= 11 is 0. The summed E-state index contributed by atoms with van der Waals surface area (Å²) in [6, 6.07) is 11.9. The summed E-state index contributed by atoms with van der Waals surface area (Å²) in [5.41, 5.74) is 3.08. The van der Waals surface area contributed by atoms with Crippen molar-refractivity contribution in [1.29, 1.82) is 0 Å². The number of halogens is 2. The molecule has 1 saturated heterocycles. The normalized spacial score (nSPS) is 22.2. The molecule has 10 heteroatoms. The van der Waals surface area contributed by atoms with Crippen molar-refractivity contribution in [2.75, 3.05) is 32.0 Å². The highest BCUT2D eigenvalue weighted by molar-refractivity contribution is 6.03. The Labute approximate surface area is 246 Å². The average Bonchev–Trinajstić information content (AvgIpc) is 3.71. The fraction of sp³-hybridized carbons (Fsp3) is 0.562. The second-order valence-corrected chi connectivity index (χ2v) is 13.2. The molecule has 3 fully saturated rings. The van der Waals surface area contributed by atoms with Gasteiger partial charge in [0.15, 0.2) is 0 Å². The van der Waals surface area contributed by atoms with Gasteiger partial charge in [0, 0.05) is 81.2 Å². The molecule has 2 aromatic heterocycles. The second kappa shape index (κ2) is 11.1. The molecule has 224 valence electrons. The quantitative estimate of drug-likeness (QED) is 0.385. The van der Waals surface area contributed by atoms with Gasteiger partial charge in [0.1, 0.15) is 17.8 Å². The zero-order valence-corrected chi connectivity index (χ0v) is 25.0. The first-order chi connectivity index (χ1) is 20.0. The van der Waals surface area contributed by atoms with Gasteiger partial charge in [-0.3, -0.25) is 9.69 Å². The molecule has 1 atom stereocenters. The molecule has 3 heterocycles. The smallest absolute Gasteiger partial charge is 0.274 e. The summed E-state index contributed by atoms with van der Waals surface area (Å²) in [7, 11) is 4.00. The highest BCUT2D eigenvalue weighted by atomic mass is 19.3. The molecule has 1 amide bonds. The topological polar surface area (TPSA) is 79.2 Å². The van der Waals surface area contributed by atoms with Crippen molar-refractivity contribution in [1.82, 2.24) is 29.5 Å². The van der Waals surface area contributed by atoms with E-state index in [0.29, 0.717) is 41.5 Å². The first-order valence-electron chi connectivity index (χ1n) is 15.1. The lowest BCUT2D eigenvalue weighted by Crippen LogP contribution is -2.53. The van der Waals surface area contributed by atoms with E-state index in [1.54, 1.807) is 17.0 Å². The number of benzene rings is 1. The fourth-order valence-electron chi connectivity index (χ4n) is 6.72. The van der Waals surface area contributed by atoms with Crippen molar-refractivity contribution in [3.8, 4) is 0 Å². The van der Waals surface area contributed by atoms with Gasteiger partial charge in [-0.05, 0) is 61.2 Å². The fourth-order valence-corrected chi connectivity index (χ4v) is 6.72. The van der Waals surface area contributed by atoms with E-state index >= 15 is 0 Å². The number of nitrogens with zero attached hydrogens (tertiary/aromatic N) is 6. The molecule has 1 N–H and O–H groups in total. The van der Waals surface area contributed by atoms with Crippen LogP contribution >= 0.6 is 0 Å². The molecule has 0 radical (unpaired) electrons. The largest absolute Gasteiger partial charge is 0.321 e. The Morgan fingerprint density at radius 1 is 1.12 bits per heavy atom. The number of carbonyl (C=O) groups is 1. The third-order valence-corrected chi connectivity index (χ3v) is 9.25. The second-order valence-electron chi connectivity index (χ2n) is 13.2. The lowest BCUT2D eigenvalue weighted by atomic mass is 9.60. The Morgan fingerprint density at radius 3 is 2.57 bits per heavy atom. The van der Waals surface area contributed by atoms with Crippen LogP contribution in [0.2, 0.25) is 0 Å². The van der Waals surface area contributed by atoms with Gasteiger partial charge in [-0.2, -0.15) is 0 Å². The van der Waals surface area contributed by atoms with Gasteiger partial charge in [-0.25, -0.2) is 13.8 Å². The maximum Gasteiger partial charge on any atom is 0.274 e. The number of nitrogens with one attached hydrogen (secondary N) is 1. The first kappa shape index (κ1) is 28.9. The van der Waals surface area contributed by atoms with Crippen LogP contribution in [0.1, 0.15) is 78.6 Å². The highest BCUT2D eigenvalue weighted by Crippen LogP contribution is 2.55. The van der Waals surface area contributed by atoms with Crippen LogP contribution < -0.4 is 5.32 Å². The molecule has 6 rings (SSSR count). The summed E-state index contributed by atoms with van der Waals surface area (Å²) in [6.45, 7) is 8.38. The molecular formula is C32H41F2N7O. The maximum atomic E-state index is 14.3. The van der Waals surface area contributed by atoms with Gasteiger partial charge in [0.05, 0.1) is 0 Å². The Kier molecular flexibility index (Phi) is 7.64. The molecule has 8 nitrogen and oxygen atoms in total. The van der Waals surface area contributed by atoms with Crippen LogP contribution in [0, 0.1) is 5.92 Å². The number of likely N-dealkylation sites (N-methyl/N-ethyl adjacent to an activating group) is 1. The number of hydrogen-bond donors (Lipinski definition) is 1. The third-order valence-electron chi connectivity index (χ3n) is 9.25. The zero-order chi connectivity index (χ0) is 29.6. The van der Waals surface area contributed by atoms with Gasteiger partial charge in [0.2, 0.25) is 5.92 Å². The van der Waals surface area contributed by atoms with E-state index < -0.39 is 11.3 Å². The third kappa shape index (κ3) is 6.10. The molecule has 42 heavy (non-hydrogen) atoms. The summed E-state index contributed by atoms with van der Waals surface area (Å²) in [5, 5.41) is 11.1. The van der Waals surface area contributed by atoms with E-state index in [1.807, 2.05) is 31.3 Å². The monoisotopic (exact) mass is 577 g/mol. The maximum absolute atomic E-state index is 14.3. The van der Waals surface area contributed by atoms with E-state index in [2.05, 4.69) is 52.3 Å². The van der Waals surface area contributed by atoms with E-state index in [-0.39, 0.29) is 18.7 Å². The molecule has 0 bridgehead atoms. The van der Waals surface area contributed by atoms with Crippen molar-refractivity contribution >= 4 is 11.6 Å². The van der Waals surface area contributed by atoms with Crippen LogP contribution in [0.3, 0.4) is 0 Å². The summed E-state index contributed by atoms with van der Waals surface area (Å²) < 4.78 is 30.3. The number of anilines is 1. The number of aromatic nitrogens is 4. The lowest BCUT2D eigenvalue weighted by molar-refractivity contribution is -0.127. The van der Waals surface area contributed by atoms with Crippen LogP contribution in [-0.4, -0.2) is 74.1 Å². The van der Waals surface area contributed by atoms with Crippen LogP contribution in [-0.2, 0) is 25.4 Å². The Balaban J connectivity index is 1.23. The number of alkyl halides is 2. The molecule has 2 aliphatic carbocycles. The number of rotatable bonds is 9. The predicted molar refractivity (Wildman–Crippen MR) is 158 cm³/mol. The van der Waals surface area contributed by atoms with Crippen molar-refractivity contribution < 1.29 is 13.6 Å². The molecule has 3 aromatic rings. The van der Waals surface area contributed by atoms with Crippen molar-refractivity contribution in [2.24, 2.45) is 13.0 Å². The molecule has 0 unspecified atom stereocenters. The number of pyridine rings is 1. The Morgan fingerprint density at radius 2 is 1.90 bits per heavy atom. The van der Waals surface area contributed by atoms with Gasteiger partial charge >= 0.3 is 0 Å². The van der Waals surface area contributed by atoms with Crippen molar-refractivity contribution in [3.05, 3.63) is 71.1 Å². The average molecular weight is 578 g/mol. The minimum atomic E-state index is -2.72. The summed E-state index contributed by atoms with van der Waals surface area (Å²) in [4.78, 5) is 23.3. The minimum absolute atomic E-state index is 0.262. The Hall–Kier alpha value is -3.24. The molecule has 0 spiro atoms. The molecule has 1 aromatic carbocycles. The zero-order valence-electron chi connectivity index (χ0n) is 25.0. The van der Waals surface area contributed by atoms with Crippen LogP contribution in [0.5, 0.6) is 0 Å². The standard InChI is InChI=1S/C32H41F2N7O/c1-21(2)28-17-39(3)10-11-41(28)16-22-12-26(23-8-9-23)37-27(13-22)30(42)36-25-7-5-6-24(14-25)31(18-32(33,34)19-31)15-29-38-35-20-40(29)4/h5-7,12-14,20-21,23,28H,8-11,15-19H2,1-4H3,(H,36,42)/t28-/m1/s1. The number of hydrogen-bond acceptors (Lipinski definition) is 6. The van der Waals surface area contributed by atoms with E-state index in [1.165, 1.54) is 0 Å². The van der Waals surface area contributed by atoms with Gasteiger partial charge in [-0.1, -0.05) is 26.0 Å². The van der Waals surface area contributed by atoms with Gasteiger partial charge in [-0.15, -0.1) is 10.2 Å². The van der Waals surface area contributed by atoms with E-state index in [9.17, 15) is 13.6 Å². The lowest BCUT2D eigenvalue weighted by Gasteiger charge is -2.47. The summed E-state index contributed by atoms with van der Waals surface area (Å²) in [6.07, 6.45) is 3.61. The first-order valence-corrected chi connectivity index (χ1v) is 15.1. The van der Waals surface area contributed by atoms with Crippen molar-refractivity contribution in [2.45, 2.75) is 75.8 Å². The number of aryl methyl sites for hydroxylation is 1. The number of carbonyl (C=O) groups excluding carboxylic acids is 1. The number of piperazine rings is 1. The highest BCUT2D eigenvalue weighted by Gasteiger charge is 2.57. The van der Waals surface area contributed by atoms with Gasteiger partial charge < -0.3 is 14.8 Å². The van der Waals surface area contributed by atoms with Crippen molar-refractivity contribution in [3.63, 3.8) is 0 Å². The molecule has 3 aliphatic rings. The van der Waals surface area contributed by atoms with E-state index in [0.717, 1.165) is 55.8 Å². The van der Waals surface area contributed by atoms with E-state index in [4.69, 9.17) is 4.98 Å². The number of amides is 1. The SMILES string of the molecule is CC(C)[C@H]1CN(C)CCN1Cc1cc(C(=O)Nc2cccc(C3(Cc4nncn4C)CC(F)(F)C3)c2)nc(C2CC2)c1. The molecule has 2 saturated carbocycles. The van der Waals surface area contributed by atoms with Crippen LogP contribution in [0.25, 0.3) is 0 Å². The summed E-state index contributed by atoms with van der Waals surface area (Å²) in [5.74, 6) is -1.40. The van der Waals surface area contributed by atoms with Crippen LogP contribution in [0.15, 0.2) is 42.7 Å². The van der Waals surface area contributed by atoms with Crippen LogP contribution in [0.4, 0.5) is 14.5 Å². The Bertz CT molecular complexity index is 1440. The predicted octanol–water partition coefficient (Wildman–Crippen LogP) is 5.02.